The Morgan fingerprint density at radius 2 is 2.26 bits per heavy atom. The van der Waals surface area contributed by atoms with E-state index in [2.05, 4.69) is 15.5 Å². The van der Waals surface area contributed by atoms with E-state index in [4.69, 9.17) is 4.74 Å². The summed E-state index contributed by atoms with van der Waals surface area (Å²) in [6.07, 6.45) is 1.58. The summed E-state index contributed by atoms with van der Waals surface area (Å²) in [4.78, 5) is 0. The first kappa shape index (κ1) is 15.9. The van der Waals surface area contributed by atoms with Gasteiger partial charge in [0, 0.05) is 50.1 Å². The Balaban J connectivity index is 1.57. The smallest absolute Gasteiger partial charge is 0.373 e. The van der Waals surface area contributed by atoms with Crippen molar-refractivity contribution in [1.29, 1.82) is 0 Å². The monoisotopic (exact) mass is 329 g/mol. The number of nitrogens with one attached hydrogen (secondary N) is 1. The Kier molecular flexibility index (Phi) is 4.29. The van der Waals surface area contributed by atoms with Crippen LogP contribution in [0.5, 0.6) is 0 Å². The van der Waals surface area contributed by atoms with E-state index in [1.807, 2.05) is 13.2 Å². The summed E-state index contributed by atoms with van der Waals surface area (Å²) < 4.78 is 45.3. The van der Waals surface area contributed by atoms with Gasteiger partial charge in [0.1, 0.15) is 12.4 Å². The quantitative estimate of drug-likeness (QED) is 0.915. The van der Waals surface area contributed by atoms with Crippen LogP contribution in [0.25, 0.3) is 0 Å². The largest absolute Gasteiger partial charge is 0.408 e. The molecule has 2 aromatic heterocycles. The number of ether oxygens (including phenoxy) is 1. The molecular weight excluding hydrogens is 311 g/mol. The Bertz CT molecular complexity index is 651. The van der Waals surface area contributed by atoms with Gasteiger partial charge >= 0.3 is 6.18 Å². The molecule has 126 valence electrons. The highest BCUT2D eigenvalue weighted by atomic mass is 19.4. The van der Waals surface area contributed by atoms with Gasteiger partial charge in [0.25, 0.3) is 0 Å². The van der Waals surface area contributed by atoms with Crippen molar-refractivity contribution in [3.05, 3.63) is 30.2 Å². The highest BCUT2D eigenvalue weighted by molar-refractivity contribution is 5.32. The maximum atomic E-state index is 12.3. The molecule has 3 heterocycles. The first-order chi connectivity index (χ1) is 10.9. The van der Waals surface area contributed by atoms with Crippen LogP contribution in [0.3, 0.4) is 0 Å². The van der Waals surface area contributed by atoms with Crippen LogP contribution in [0.2, 0.25) is 0 Å². The molecule has 1 aliphatic heterocycles. The molecule has 0 unspecified atom stereocenters. The fourth-order valence-electron chi connectivity index (χ4n) is 2.76. The van der Waals surface area contributed by atoms with Crippen molar-refractivity contribution in [3.8, 4) is 0 Å². The lowest BCUT2D eigenvalue weighted by Gasteiger charge is -2.17. The molecule has 2 aromatic rings. The topological polar surface area (TPSA) is 56.9 Å². The molecule has 2 atom stereocenters. The lowest BCUT2D eigenvalue weighted by molar-refractivity contribution is -0.142. The second-order valence-electron chi connectivity index (χ2n) is 5.68. The number of aromatic nitrogens is 4. The Morgan fingerprint density at radius 1 is 1.43 bits per heavy atom. The number of nitrogens with zero attached hydrogens (tertiary/aromatic N) is 4. The molecule has 1 aliphatic rings. The second-order valence-corrected chi connectivity index (χ2v) is 5.68. The van der Waals surface area contributed by atoms with E-state index in [1.54, 1.807) is 16.9 Å². The summed E-state index contributed by atoms with van der Waals surface area (Å²) >= 11 is 0. The van der Waals surface area contributed by atoms with Gasteiger partial charge in [-0.1, -0.05) is 0 Å². The zero-order valence-corrected chi connectivity index (χ0v) is 12.6. The lowest BCUT2D eigenvalue weighted by Crippen LogP contribution is -2.19. The predicted octanol–water partition coefficient (Wildman–Crippen LogP) is 2.37. The number of halogens is 3. The molecule has 9 heteroatoms. The molecule has 1 fully saturated rings. The van der Waals surface area contributed by atoms with Gasteiger partial charge in [0.2, 0.25) is 0 Å². The number of rotatable bonds is 5. The van der Waals surface area contributed by atoms with E-state index in [1.165, 1.54) is 6.20 Å². The first-order valence-electron chi connectivity index (χ1n) is 7.35. The van der Waals surface area contributed by atoms with E-state index in [-0.39, 0.29) is 12.0 Å². The lowest BCUT2D eigenvalue weighted by atomic mass is 9.97. The Hall–Kier alpha value is -2.03. The summed E-state index contributed by atoms with van der Waals surface area (Å²) in [6, 6.07) is 1.54. The van der Waals surface area contributed by atoms with Gasteiger partial charge < -0.3 is 10.1 Å². The minimum absolute atomic E-state index is 0.0477. The van der Waals surface area contributed by atoms with Crippen LogP contribution in [0.15, 0.2) is 24.7 Å². The number of hydrogen-bond donors (Lipinski definition) is 1. The van der Waals surface area contributed by atoms with Gasteiger partial charge in [-0.15, -0.1) is 0 Å². The summed E-state index contributed by atoms with van der Waals surface area (Å²) in [5.74, 6) is 0.665. The number of anilines is 1. The van der Waals surface area contributed by atoms with Crippen molar-refractivity contribution in [1.82, 2.24) is 19.6 Å². The molecule has 0 radical (unpaired) electrons. The van der Waals surface area contributed by atoms with E-state index < -0.39 is 12.7 Å². The van der Waals surface area contributed by atoms with Gasteiger partial charge in [-0.2, -0.15) is 23.4 Å². The third-order valence-electron chi connectivity index (χ3n) is 3.79. The van der Waals surface area contributed by atoms with Crippen molar-refractivity contribution in [2.45, 2.75) is 25.2 Å². The van der Waals surface area contributed by atoms with Crippen LogP contribution >= 0.6 is 0 Å². The molecule has 6 nitrogen and oxygen atoms in total. The van der Waals surface area contributed by atoms with Gasteiger partial charge in [-0.25, -0.2) is 0 Å². The maximum Gasteiger partial charge on any atom is 0.408 e. The molecule has 1 N–H and O–H groups in total. The summed E-state index contributed by atoms with van der Waals surface area (Å²) in [5, 5.41) is 11.1. The molecule has 0 aliphatic carbocycles. The molecule has 23 heavy (non-hydrogen) atoms. The Morgan fingerprint density at radius 3 is 2.96 bits per heavy atom. The standard InChI is InChI=1S/C14H18F3N5O/c1-21-8-11(7-19-21)13-10(3-5-23-13)6-18-12-2-4-22(20-12)9-14(15,16)17/h2,4,7-8,10,13H,3,5-6,9H2,1H3,(H,18,20)/t10-,13+/m1/s1. The molecule has 0 aromatic carbocycles. The van der Waals surface area contributed by atoms with E-state index in [9.17, 15) is 13.2 Å². The van der Waals surface area contributed by atoms with Crippen LogP contribution < -0.4 is 5.32 Å². The first-order valence-corrected chi connectivity index (χ1v) is 7.35. The van der Waals surface area contributed by atoms with Crippen molar-refractivity contribution in [2.24, 2.45) is 13.0 Å². The fourth-order valence-corrected chi connectivity index (χ4v) is 2.76. The summed E-state index contributed by atoms with van der Waals surface area (Å²) in [7, 11) is 1.85. The number of alkyl halides is 3. The van der Waals surface area contributed by atoms with Crippen LogP contribution in [-0.2, 0) is 18.3 Å². The van der Waals surface area contributed by atoms with E-state index in [0.717, 1.165) is 16.7 Å². The van der Waals surface area contributed by atoms with E-state index >= 15 is 0 Å². The normalized spacial score (nSPS) is 21.7. The van der Waals surface area contributed by atoms with Gasteiger partial charge in [-0.3, -0.25) is 9.36 Å². The van der Waals surface area contributed by atoms with Crippen LogP contribution in [0.1, 0.15) is 18.1 Å². The molecule has 0 spiro atoms. The molecular formula is C14H18F3N5O. The fraction of sp³-hybridized carbons (Fsp3) is 0.571. The molecule has 0 saturated carbocycles. The third-order valence-corrected chi connectivity index (χ3v) is 3.79. The minimum atomic E-state index is -4.27. The highest BCUT2D eigenvalue weighted by Crippen LogP contribution is 2.34. The summed E-state index contributed by atoms with van der Waals surface area (Å²) in [5.41, 5.74) is 1.01. The average Bonchev–Trinajstić information content (AvgIpc) is 3.15. The van der Waals surface area contributed by atoms with Gasteiger partial charge in [-0.05, 0) is 6.42 Å². The zero-order valence-electron chi connectivity index (χ0n) is 12.6. The SMILES string of the molecule is Cn1cc([C@H]2OCC[C@@H]2CNc2ccn(CC(F)(F)F)n2)cn1. The highest BCUT2D eigenvalue weighted by Gasteiger charge is 2.31. The zero-order chi connectivity index (χ0) is 16.4. The van der Waals surface area contributed by atoms with Crippen molar-refractivity contribution < 1.29 is 17.9 Å². The molecule has 0 bridgehead atoms. The minimum Gasteiger partial charge on any atom is -0.373 e. The van der Waals surface area contributed by atoms with Crippen LogP contribution in [0, 0.1) is 5.92 Å². The summed E-state index contributed by atoms with van der Waals surface area (Å²) in [6.45, 7) is 0.163. The molecule has 1 saturated heterocycles. The number of aryl methyl sites for hydroxylation is 1. The number of hydrogen-bond acceptors (Lipinski definition) is 4. The van der Waals surface area contributed by atoms with Crippen molar-refractivity contribution in [3.63, 3.8) is 0 Å². The van der Waals surface area contributed by atoms with Gasteiger partial charge in [0.15, 0.2) is 0 Å². The van der Waals surface area contributed by atoms with Crippen LogP contribution in [-0.4, -0.2) is 38.9 Å². The third kappa shape index (κ3) is 4.04. The molecule has 3 rings (SSSR count). The van der Waals surface area contributed by atoms with Crippen molar-refractivity contribution >= 4 is 5.82 Å². The molecule has 0 amide bonds. The Labute approximate surface area is 131 Å². The van der Waals surface area contributed by atoms with E-state index in [0.29, 0.717) is 19.0 Å². The van der Waals surface area contributed by atoms with Crippen LogP contribution in [0.4, 0.5) is 19.0 Å². The second kappa shape index (κ2) is 6.23. The maximum absolute atomic E-state index is 12.3. The predicted molar refractivity (Wildman–Crippen MR) is 76.8 cm³/mol. The van der Waals surface area contributed by atoms with Crippen molar-refractivity contribution in [2.75, 3.05) is 18.5 Å². The van der Waals surface area contributed by atoms with Gasteiger partial charge in [0.05, 0.1) is 12.3 Å². The average molecular weight is 329 g/mol.